The lowest BCUT2D eigenvalue weighted by molar-refractivity contribution is 0.388. The molecule has 1 aliphatic rings. The van der Waals surface area contributed by atoms with Crippen LogP contribution in [0.4, 0.5) is 0 Å². The van der Waals surface area contributed by atoms with E-state index in [4.69, 9.17) is 4.42 Å². The SMILES string of the molecule is O=S(=O)(CN1CCCC1)c1cncc(-c2cc3c(-c4cc5c(-c6ccoc6)ccnc5[nH]4)n[nH]c3cn2)c1. The van der Waals surface area contributed by atoms with Gasteiger partial charge in [-0.1, -0.05) is 0 Å². The molecule has 0 aliphatic carbocycles. The number of fused-ring (bicyclic) bond motifs is 2. The van der Waals surface area contributed by atoms with Crippen LogP contribution in [0.1, 0.15) is 12.8 Å². The van der Waals surface area contributed by atoms with Crippen LogP contribution < -0.4 is 0 Å². The van der Waals surface area contributed by atoms with Gasteiger partial charge in [0.1, 0.15) is 17.2 Å². The Hall–Kier alpha value is -4.35. The molecular formula is C27H23N7O3S. The summed E-state index contributed by atoms with van der Waals surface area (Å²) < 4.78 is 31.4. The molecule has 0 saturated carbocycles. The van der Waals surface area contributed by atoms with Crippen molar-refractivity contribution in [1.29, 1.82) is 0 Å². The van der Waals surface area contributed by atoms with Gasteiger partial charge in [0.25, 0.3) is 0 Å². The second-order valence-corrected chi connectivity index (χ2v) is 11.4. The Bertz CT molecular complexity index is 1880. The van der Waals surface area contributed by atoms with Gasteiger partial charge in [-0.25, -0.2) is 13.4 Å². The van der Waals surface area contributed by atoms with E-state index in [1.165, 1.54) is 6.20 Å². The predicted octanol–water partition coefficient (Wildman–Crippen LogP) is 4.65. The molecule has 190 valence electrons. The number of nitrogens with zero attached hydrogens (tertiary/aromatic N) is 5. The van der Waals surface area contributed by atoms with Crippen molar-refractivity contribution in [3.8, 4) is 33.8 Å². The smallest absolute Gasteiger partial charge is 0.193 e. The van der Waals surface area contributed by atoms with Gasteiger partial charge in [0.15, 0.2) is 9.84 Å². The van der Waals surface area contributed by atoms with E-state index in [1.807, 2.05) is 29.2 Å². The Kier molecular flexibility index (Phi) is 5.34. The number of H-pyrrole nitrogens is 2. The molecule has 0 amide bonds. The molecule has 2 N–H and O–H groups in total. The Morgan fingerprint density at radius 3 is 2.71 bits per heavy atom. The molecule has 7 heterocycles. The van der Waals surface area contributed by atoms with Crippen LogP contribution in [0.15, 0.2) is 77.0 Å². The first-order valence-corrected chi connectivity index (χ1v) is 14.0. The van der Waals surface area contributed by atoms with E-state index >= 15 is 0 Å². The first-order valence-electron chi connectivity index (χ1n) is 12.3. The summed E-state index contributed by atoms with van der Waals surface area (Å²) in [6, 6.07) is 9.44. The van der Waals surface area contributed by atoms with Gasteiger partial charge >= 0.3 is 0 Å². The first kappa shape index (κ1) is 22.8. The van der Waals surface area contributed by atoms with Crippen LogP contribution in [0.25, 0.3) is 55.7 Å². The quantitative estimate of drug-likeness (QED) is 0.321. The third-order valence-corrected chi connectivity index (χ3v) is 8.63. The van der Waals surface area contributed by atoms with Crippen molar-refractivity contribution in [2.75, 3.05) is 19.0 Å². The Balaban J connectivity index is 1.27. The highest BCUT2D eigenvalue weighted by Gasteiger charge is 2.23. The first-order chi connectivity index (χ1) is 18.5. The van der Waals surface area contributed by atoms with Crippen molar-refractivity contribution < 1.29 is 12.8 Å². The van der Waals surface area contributed by atoms with Gasteiger partial charge in [-0.3, -0.25) is 20.0 Å². The summed E-state index contributed by atoms with van der Waals surface area (Å²) in [6.45, 7) is 1.61. The standard InChI is InChI=1S/C27H23N7O3S/c35-38(36,16-34-6-1-2-7-34)19-9-18(12-28-13-19)23-11-22-25(14-30-23)32-33-26(22)24-10-21-20(17-4-8-37-15-17)3-5-29-27(21)31-24/h3-5,8-15H,1-2,6-7,16H2,(H,29,31)(H,32,33). The maximum absolute atomic E-state index is 13.0. The number of likely N-dealkylation sites (tertiary alicyclic amines) is 1. The van der Waals surface area contributed by atoms with Gasteiger partial charge in [0.2, 0.25) is 0 Å². The number of furan rings is 1. The molecule has 1 fully saturated rings. The van der Waals surface area contributed by atoms with Crippen LogP contribution in [0.5, 0.6) is 0 Å². The zero-order valence-corrected chi connectivity index (χ0v) is 21.1. The lowest BCUT2D eigenvalue weighted by Crippen LogP contribution is -2.27. The fraction of sp³-hybridized carbons (Fsp3) is 0.185. The summed E-state index contributed by atoms with van der Waals surface area (Å²) in [5.41, 5.74) is 6.22. The van der Waals surface area contributed by atoms with Crippen LogP contribution in [-0.2, 0) is 9.84 Å². The molecule has 1 aliphatic heterocycles. The van der Waals surface area contributed by atoms with E-state index in [2.05, 4.69) is 30.1 Å². The van der Waals surface area contributed by atoms with E-state index in [0.29, 0.717) is 17.0 Å². The number of aromatic nitrogens is 6. The molecule has 11 heteroatoms. The van der Waals surface area contributed by atoms with Crippen molar-refractivity contribution in [1.82, 2.24) is 35.0 Å². The van der Waals surface area contributed by atoms with Crippen LogP contribution in [0.3, 0.4) is 0 Å². The van der Waals surface area contributed by atoms with E-state index in [1.54, 1.807) is 37.2 Å². The van der Waals surface area contributed by atoms with Crippen LogP contribution >= 0.6 is 0 Å². The number of pyridine rings is 3. The summed E-state index contributed by atoms with van der Waals surface area (Å²) in [5.74, 6) is 0.00566. The van der Waals surface area contributed by atoms with Gasteiger partial charge in [-0.05, 0) is 61.8 Å². The third-order valence-electron chi connectivity index (χ3n) is 6.99. The molecule has 0 bridgehead atoms. The molecule has 38 heavy (non-hydrogen) atoms. The molecule has 6 aromatic heterocycles. The van der Waals surface area contributed by atoms with Crippen molar-refractivity contribution >= 4 is 31.8 Å². The second-order valence-electron chi connectivity index (χ2n) is 9.48. The van der Waals surface area contributed by atoms with Gasteiger partial charge in [-0.15, -0.1) is 0 Å². The molecule has 1 saturated heterocycles. The van der Waals surface area contributed by atoms with Crippen LogP contribution in [0.2, 0.25) is 0 Å². The van der Waals surface area contributed by atoms with E-state index in [0.717, 1.165) is 64.7 Å². The number of rotatable bonds is 6. The molecule has 6 aromatic rings. The Morgan fingerprint density at radius 1 is 0.974 bits per heavy atom. The molecule has 10 nitrogen and oxygen atoms in total. The van der Waals surface area contributed by atoms with Crippen molar-refractivity contribution in [2.45, 2.75) is 17.7 Å². The molecule has 7 rings (SSSR count). The van der Waals surface area contributed by atoms with Gasteiger partial charge in [-0.2, -0.15) is 5.10 Å². The average Bonchev–Trinajstić information content (AvgIpc) is 3.74. The highest BCUT2D eigenvalue weighted by atomic mass is 32.2. The molecule has 0 atom stereocenters. The summed E-state index contributed by atoms with van der Waals surface area (Å²) in [4.78, 5) is 18.8. The normalized spacial score (nSPS) is 14.6. The Morgan fingerprint density at radius 2 is 1.87 bits per heavy atom. The fourth-order valence-electron chi connectivity index (χ4n) is 5.06. The predicted molar refractivity (Wildman–Crippen MR) is 143 cm³/mol. The van der Waals surface area contributed by atoms with Gasteiger partial charge < -0.3 is 9.40 Å². The molecule has 0 radical (unpaired) electrons. The van der Waals surface area contributed by atoms with Gasteiger partial charge in [0, 0.05) is 40.5 Å². The molecular weight excluding hydrogens is 502 g/mol. The molecule has 0 unspecified atom stereocenters. The number of nitrogens with one attached hydrogen (secondary N) is 2. The average molecular weight is 526 g/mol. The summed E-state index contributed by atoms with van der Waals surface area (Å²) in [7, 11) is -3.50. The van der Waals surface area contributed by atoms with E-state index in [-0.39, 0.29) is 10.8 Å². The fourth-order valence-corrected chi connectivity index (χ4v) is 6.48. The maximum atomic E-state index is 13.0. The molecule has 0 aromatic carbocycles. The highest BCUT2D eigenvalue weighted by Crippen LogP contribution is 2.34. The highest BCUT2D eigenvalue weighted by molar-refractivity contribution is 7.91. The summed E-state index contributed by atoms with van der Waals surface area (Å²) in [6.07, 6.45) is 11.9. The second kappa shape index (κ2) is 8.89. The van der Waals surface area contributed by atoms with E-state index < -0.39 is 9.84 Å². The summed E-state index contributed by atoms with van der Waals surface area (Å²) >= 11 is 0. The zero-order valence-electron chi connectivity index (χ0n) is 20.3. The lowest BCUT2D eigenvalue weighted by atomic mass is 10.1. The topological polar surface area (TPSA) is 134 Å². The number of hydrogen-bond acceptors (Lipinski definition) is 8. The lowest BCUT2D eigenvalue weighted by Gasteiger charge is -2.15. The Labute approximate surface area is 217 Å². The minimum absolute atomic E-state index is 0.00566. The minimum atomic E-state index is -3.50. The largest absolute Gasteiger partial charge is 0.472 e. The monoisotopic (exact) mass is 525 g/mol. The van der Waals surface area contributed by atoms with E-state index in [9.17, 15) is 8.42 Å². The van der Waals surface area contributed by atoms with Gasteiger partial charge in [0.05, 0.1) is 40.5 Å². The molecule has 0 spiro atoms. The van der Waals surface area contributed by atoms with Crippen molar-refractivity contribution in [2.24, 2.45) is 0 Å². The van der Waals surface area contributed by atoms with Crippen molar-refractivity contribution in [3.63, 3.8) is 0 Å². The minimum Gasteiger partial charge on any atom is -0.472 e. The van der Waals surface area contributed by atoms with Crippen LogP contribution in [-0.4, -0.2) is 62.4 Å². The van der Waals surface area contributed by atoms with Crippen molar-refractivity contribution in [3.05, 3.63) is 67.6 Å². The maximum Gasteiger partial charge on any atom is 0.193 e. The number of hydrogen-bond donors (Lipinski definition) is 2. The number of aromatic amines is 2. The number of sulfone groups is 1. The third kappa shape index (κ3) is 3.96. The van der Waals surface area contributed by atoms with Crippen LogP contribution in [0, 0.1) is 0 Å². The summed E-state index contributed by atoms with van der Waals surface area (Å²) in [5, 5.41) is 9.38. The zero-order chi connectivity index (χ0) is 25.7.